The number of rotatable bonds is 8. The molecular formula is C19H29N3O2S2. The molecule has 0 aliphatic carbocycles. The van der Waals surface area contributed by atoms with Gasteiger partial charge in [-0.1, -0.05) is 45.0 Å². The van der Waals surface area contributed by atoms with Gasteiger partial charge in [-0.05, 0) is 25.0 Å². The Bertz CT molecular complexity index is 804. The molecule has 2 N–H and O–H groups in total. The van der Waals surface area contributed by atoms with E-state index in [1.54, 1.807) is 11.3 Å². The van der Waals surface area contributed by atoms with Crippen LogP contribution in [0.1, 0.15) is 56.4 Å². The van der Waals surface area contributed by atoms with Crippen molar-refractivity contribution in [1.82, 2.24) is 15.0 Å². The van der Waals surface area contributed by atoms with Crippen molar-refractivity contribution in [3.63, 3.8) is 0 Å². The molecule has 0 fully saturated rings. The molecule has 1 heterocycles. The first-order valence-corrected chi connectivity index (χ1v) is 11.3. The van der Waals surface area contributed by atoms with Crippen molar-refractivity contribution < 1.29 is 8.42 Å². The first-order valence-electron chi connectivity index (χ1n) is 8.78. The maximum Gasteiger partial charge on any atom is 0.216 e. The number of hydrogen-bond donors (Lipinski definition) is 2. The van der Waals surface area contributed by atoms with Crippen LogP contribution in [-0.4, -0.2) is 19.4 Å². The number of sulfonamides is 1. The van der Waals surface area contributed by atoms with Crippen molar-refractivity contribution >= 4 is 21.4 Å². The van der Waals surface area contributed by atoms with Crippen LogP contribution in [0.25, 0.3) is 0 Å². The summed E-state index contributed by atoms with van der Waals surface area (Å²) >= 11 is 1.70. The van der Waals surface area contributed by atoms with Crippen LogP contribution < -0.4 is 10.0 Å². The van der Waals surface area contributed by atoms with E-state index in [-0.39, 0.29) is 17.2 Å². The van der Waals surface area contributed by atoms with Crippen LogP contribution in [-0.2, 0) is 34.3 Å². The van der Waals surface area contributed by atoms with Crippen molar-refractivity contribution in [2.45, 2.75) is 64.9 Å². The van der Waals surface area contributed by atoms with Crippen LogP contribution in [0.3, 0.4) is 0 Å². The van der Waals surface area contributed by atoms with Crippen molar-refractivity contribution in [2.24, 2.45) is 0 Å². The van der Waals surface area contributed by atoms with Crippen molar-refractivity contribution in [1.29, 1.82) is 0 Å². The van der Waals surface area contributed by atoms with Crippen LogP contribution in [0.4, 0.5) is 0 Å². The third-order valence-electron chi connectivity index (χ3n) is 3.62. The number of hydrogen-bond acceptors (Lipinski definition) is 5. The first-order chi connectivity index (χ1) is 12.0. The lowest BCUT2D eigenvalue weighted by molar-refractivity contribution is 0.569. The third-order valence-corrected chi connectivity index (χ3v) is 6.48. The Morgan fingerprint density at radius 2 is 1.69 bits per heavy atom. The summed E-state index contributed by atoms with van der Waals surface area (Å²) in [5, 5.41) is 6.64. The van der Waals surface area contributed by atoms with E-state index in [9.17, 15) is 8.42 Å². The molecule has 0 aliphatic rings. The molecular weight excluding hydrogens is 366 g/mol. The Labute approximate surface area is 161 Å². The highest BCUT2D eigenvalue weighted by Gasteiger charge is 2.17. The second-order valence-corrected chi connectivity index (χ2v) is 10.5. The van der Waals surface area contributed by atoms with E-state index in [1.807, 2.05) is 38.1 Å². The Balaban J connectivity index is 1.85. The summed E-state index contributed by atoms with van der Waals surface area (Å²) < 4.78 is 26.5. The van der Waals surface area contributed by atoms with Gasteiger partial charge in [0.1, 0.15) is 0 Å². The van der Waals surface area contributed by atoms with Crippen LogP contribution in [0, 0.1) is 0 Å². The molecule has 0 spiro atoms. The molecule has 0 unspecified atom stereocenters. The lowest BCUT2D eigenvalue weighted by Crippen LogP contribution is -2.31. The molecule has 1 aromatic heterocycles. The maximum atomic E-state index is 12.0. The predicted octanol–water partition coefficient (Wildman–Crippen LogP) is 3.56. The molecule has 0 aliphatic heterocycles. The van der Waals surface area contributed by atoms with Crippen molar-refractivity contribution in [3.05, 3.63) is 51.5 Å². The van der Waals surface area contributed by atoms with Gasteiger partial charge in [0.2, 0.25) is 10.0 Å². The van der Waals surface area contributed by atoms with Gasteiger partial charge in [-0.15, -0.1) is 11.3 Å². The summed E-state index contributed by atoms with van der Waals surface area (Å²) in [5.74, 6) is 0.00723. The van der Waals surface area contributed by atoms with Gasteiger partial charge in [0, 0.05) is 29.9 Å². The zero-order valence-electron chi connectivity index (χ0n) is 16.2. The molecule has 0 atom stereocenters. The summed E-state index contributed by atoms with van der Waals surface area (Å²) in [6.07, 6.45) is 0. The molecule has 1 aromatic carbocycles. The van der Waals surface area contributed by atoms with E-state index in [0.717, 1.165) is 34.9 Å². The molecule has 0 bridgehead atoms. The van der Waals surface area contributed by atoms with Crippen molar-refractivity contribution in [3.8, 4) is 0 Å². The molecule has 0 saturated carbocycles. The Morgan fingerprint density at radius 1 is 1.08 bits per heavy atom. The standard InChI is InChI=1S/C19H29N3O2S2/c1-14(2)22-26(23,24)13-16-8-6-15(7-9-16)10-20-11-17-12-25-18(21-17)19(3,4)5/h6-9,12,14,20,22H,10-11,13H2,1-5H3. The smallest absolute Gasteiger partial charge is 0.216 e. The van der Waals surface area contributed by atoms with Gasteiger partial charge in [0.05, 0.1) is 16.5 Å². The number of nitrogens with one attached hydrogen (secondary N) is 2. The molecule has 0 amide bonds. The van der Waals surface area contributed by atoms with Gasteiger partial charge in [-0.2, -0.15) is 0 Å². The molecule has 2 aromatic rings. The van der Waals surface area contributed by atoms with E-state index in [1.165, 1.54) is 0 Å². The van der Waals surface area contributed by atoms with Crippen LogP contribution in [0.2, 0.25) is 0 Å². The zero-order valence-corrected chi connectivity index (χ0v) is 17.8. The van der Waals surface area contributed by atoms with E-state index < -0.39 is 10.0 Å². The Morgan fingerprint density at radius 3 is 2.23 bits per heavy atom. The lowest BCUT2D eigenvalue weighted by atomic mass is 9.98. The number of aromatic nitrogens is 1. The topological polar surface area (TPSA) is 71.1 Å². The maximum absolute atomic E-state index is 12.0. The van der Waals surface area contributed by atoms with Crippen molar-refractivity contribution in [2.75, 3.05) is 0 Å². The van der Waals surface area contributed by atoms with Gasteiger partial charge < -0.3 is 5.32 Å². The summed E-state index contributed by atoms with van der Waals surface area (Å²) in [6.45, 7) is 11.6. The summed E-state index contributed by atoms with van der Waals surface area (Å²) in [7, 11) is -3.28. The molecule has 144 valence electrons. The summed E-state index contributed by atoms with van der Waals surface area (Å²) in [5.41, 5.74) is 3.05. The molecule has 0 saturated heterocycles. The van der Waals surface area contributed by atoms with Gasteiger partial charge in [-0.3, -0.25) is 0 Å². The van der Waals surface area contributed by atoms with E-state index in [0.29, 0.717) is 0 Å². The summed E-state index contributed by atoms with van der Waals surface area (Å²) in [4.78, 5) is 4.67. The van der Waals surface area contributed by atoms with Crippen LogP contribution in [0.5, 0.6) is 0 Å². The highest BCUT2D eigenvalue weighted by Crippen LogP contribution is 2.25. The van der Waals surface area contributed by atoms with Gasteiger partial charge in [0.15, 0.2) is 0 Å². The number of benzene rings is 1. The molecule has 7 heteroatoms. The second kappa shape index (κ2) is 8.61. The predicted molar refractivity (Wildman–Crippen MR) is 109 cm³/mol. The second-order valence-electron chi connectivity index (χ2n) is 7.85. The van der Waals surface area contributed by atoms with Crippen LogP contribution in [0.15, 0.2) is 29.6 Å². The molecule has 0 radical (unpaired) electrons. The highest BCUT2D eigenvalue weighted by atomic mass is 32.2. The fourth-order valence-corrected chi connectivity index (χ4v) is 4.78. The molecule has 26 heavy (non-hydrogen) atoms. The number of thiazole rings is 1. The lowest BCUT2D eigenvalue weighted by Gasteiger charge is -2.13. The van der Waals surface area contributed by atoms with Gasteiger partial charge in [-0.25, -0.2) is 18.1 Å². The third kappa shape index (κ3) is 6.79. The average Bonchev–Trinajstić information content (AvgIpc) is 2.96. The number of nitrogens with zero attached hydrogens (tertiary/aromatic N) is 1. The highest BCUT2D eigenvalue weighted by molar-refractivity contribution is 7.88. The quantitative estimate of drug-likeness (QED) is 0.717. The minimum absolute atomic E-state index is 0.00723. The van der Waals surface area contributed by atoms with E-state index in [4.69, 9.17) is 0 Å². The van der Waals surface area contributed by atoms with Crippen LogP contribution >= 0.6 is 11.3 Å². The Kier molecular flexibility index (Phi) is 6.96. The molecule has 2 rings (SSSR count). The zero-order chi connectivity index (χ0) is 19.4. The monoisotopic (exact) mass is 395 g/mol. The average molecular weight is 396 g/mol. The fraction of sp³-hybridized carbons (Fsp3) is 0.526. The van der Waals surface area contributed by atoms with E-state index in [2.05, 4.69) is 41.2 Å². The normalized spacial score (nSPS) is 12.7. The SMILES string of the molecule is CC(C)NS(=O)(=O)Cc1ccc(CNCc2csc(C(C)(C)C)n2)cc1. The van der Waals surface area contributed by atoms with E-state index >= 15 is 0 Å². The Hall–Kier alpha value is -1.28. The summed E-state index contributed by atoms with van der Waals surface area (Å²) in [6, 6.07) is 7.59. The molecule has 5 nitrogen and oxygen atoms in total. The minimum atomic E-state index is -3.28. The largest absolute Gasteiger partial charge is 0.307 e. The fourth-order valence-electron chi connectivity index (χ4n) is 2.44. The minimum Gasteiger partial charge on any atom is -0.307 e. The van der Waals surface area contributed by atoms with Gasteiger partial charge >= 0.3 is 0 Å². The first kappa shape index (κ1) is 21.0. The van der Waals surface area contributed by atoms with Gasteiger partial charge in [0.25, 0.3) is 0 Å².